The highest BCUT2D eigenvalue weighted by atomic mass is 35.5. The molecule has 3 rings (SSSR count). The Kier molecular flexibility index (Phi) is 8.72. The third kappa shape index (κ3) is 6.65. The molecule has 3 aromatic rings. The fourth-order valence-corrected chi connectivity index (χ4v) is 5.23. The fourth-order valence-electron chi connectivity index (χ4n) is 2.89. The van der Waals surface area contributed by atoms with E-state index < -0.39 is 0 Å². The monoisotopic (exact) mass is 494 g/mol. The SMILES string of the molecule is CCn1c(CSCc2ccc(Cl)cc2Cl)nnc1SCC(=O)Nc1ccc(C)c(C)c1. The minimum Gasteiger partial charge on any atom is -0.325 e. The van der Waals surface area contributed by atoms with Gasteiger partial charge in [0.1, 0.15) is 5.82 Å². The molecule has 1 N–H and O–H groups in total. The number of amides is 1. The zero-order valence-corrected chi connectivity index (χ0v) is 20.8. The van der Waals surface area contributed by atoms with Crippen LogP contribution in [0.5, 0.6) is 0 Å². The van der Waals surface area contributed by atoms with Crippen molar-refractivity contribution in [2.75, 3.05) is 11.1 Å². The Bertz CT molecular complexity index is 1070. The van der Waals surface area contributed by atoms with Crippen LogP contribution in [0.2, 0.25) is 10.0 Å². The van der Waals surface area contributed by atoms with Crippen LogP contribution in [0.3, 0.4) is 0 Å². The molecule has 0 aliphatic rings. The molecule has 31 heavy (non-hydrogen) atoms. The highest BCUT2D eigenvalue weighted by Gasteiger charge is 2.14. The van der Waals surface area contributed by atoms with E-state index in [1.165, 1.54) is 17.3 Å². The van der Waals surface area contributed by atoms with Gasteiger partial charge in [0.2, 0.25) is 5.91 Å². The molecule has 2 aromatic carbocycles. The zero-order chi connectivity index (χ0) is 22.4. The molecule has 0 saturated carbocycles. The van der Waals surface area contributed by atoms with Crippen molar-refractivity contribution >= 4 is 58.3 Å². The summed E-state index contributed by atoms with van der Waals surface area (Å²) in [6.45, 7) is 6.87. The number of rotatable bonds is 9. The van der Waals surface area contributed by atoms with E-state index in [4.69, 9.17) is 23.2 Å². The van der Waals surface area contributed by atoms with Crippen LogP contribution in [0, 0.1) is 13.8 Å². The van der Waals surface area contributed by atoms with Crippen LogP contribution in [-0.2, 0) is 22.8 Å². The van der Waals surface area contributed by atoms with Gasteiger partial charge >= 0.3 is 0 Å². The largest absolute Gasteiger partial charge is 0.325 e. The maximum absolute atomic E-state index is 12.4. The van der Waals surface area contributed by atoms with Gasteiger partial charge in [0, 0.05) is 28.0 Å². The summed E-state index contributed by atoms with van der Waals surface area (Å²) in [6, 6.07) is 11.4. The first kappa shape index (κ1) is 24.0. The summed E-state index contributed by atoms with van der Waals surface area (Å²) in [5.41, 5.74) is 4.20. The van der Waals surface area contributed by atoms with Gasteiger partial charge in [-0.25, -0.2) is 0 Å². The molecule has 1 aromatic heterocycles. The van der Waals surface area contributed by atoms with Gasteiger partial charge in [0.25, 0.3) is 0 Å². The standard InChI is InChI=1S/C22H24Cl2N4OS2/c1-4-28-20(12-30-11-16-6-7-17(23)10-19(16)24)26-27-22(28)31-13-21(29)25-18-8-5-14(2)15(3)9-18/h5-10H,4,11-13H2,1-3H3,(H,25,29). The lowest BCUT2D eigenvalue weighted by molar-refractivity contribution is -0.113. The smallest absolute Gasteiger partial charge is 0.234 e. The van der Waals surface area contributed by atoms with Crippen molar-refractivity contribution in [3.05, 3.63) is 69.0 Å². The van der Waals surface area contributed by atoms with Gasteiger partial charge in [-0.15, -0.1) is 22.0 Å². The molecule has 9 heteroatoms. The lowest BCUT2D eigenvalue weighted by Gasteiger charge is -2.09. The first-order chi connectivity index (χ1) is 14.9. The highest BCUT2D eigenvalue weighted by Crippen LogP contribution is 2.27. The summed E-state index contributed by atoms with van der Waals surface area (Å²) in [6.07, 6.45) is 0. The minimum atomic E-state index is -0.0628. The summed E-state index contributed by atoms with van der Waals surface area (Å²) in [5.74, 6) is 2.56. The van der Waals surface area contributed by atoms with Crippen LogP contribution in [0.4, 0.5) is 5.69 Å². The molecule has 0 radical (unpaired) electrons. The third-order valence-electron chi connectivity index (χ3n) is 4.74. The molecular formula is C22H24Cl2N4OS2. The third-order valence-corrected chi connectivity index (χ3v) is 7.27. The van der Waals surface area contributed by atoms with Crippen molar-refractivity contribution in [3.63, 3.8) is 0 Å². The maximum Gasteiger partial charge on any atom is 0.234 e. The zero-order valence-electron chi connectivity index (χ0n) is 17.6. The van der Waals surface area contributed by atoms with Gasteiger partial charge in [0.15, 0.2) is 5.16 Å². The number of aryl methyl sites for hydroxylation is 2. The number of nitrogens with zero attached hydrogens (tertiary/aromatic N) is 3. The minimum absolute atomic E-state index is 0.0628. The molecule has 0 aliphatic heterocycles. The summed E-state index contributed by atoms with van der Waals surface area (Å²) in [4.78, 5) is 12.4. The number of thioether (sulfide) groups is 2. The Labute approximate surface area is 201 Å². The molecule has 0 aliphatic carbocycles. The molecule has 5 nitrogen and oxygen atoms in total. The highest BCUT2D eigenvalue weighted by molar-refractivity contribution is 7.99. The van der Waals surface area contributed by atoms with Gasteiger partial charge in [-0.2, -0.15) is 0 Å². The summed E-state index contributed by atoms with van der Waals surface area (Å²) < 4.78 is 2.05. The molecule has 0 bridgehead atoms. The Morgan fingerprint density at radius 3 is 2.58 bits per heavy atom. The number of aromatic nitrogens is 3. The van der Waals surface area contributed by atoms with Crippen LogP contribution in [-0.4, -0.2) is 26.4 Å². The molecule has 0 fully saturated rings. The second kappa shape index (κ2) is 11.3. The van der Waals surface area contributed by atoms with Crippen molar-refractivity contribution < 1.29 is 4.79 Å². The van der Waals surface area contributed by atoms with E-state index in [0.717, 1.165) is 40.1 Å². The number of hydrogen-bond donors (Lipinski definition) is 1. The van der Waals surface area contributed by atoms with E-state index in [2.05, 4.69) is 15.5 Å². The van der Waals surface area contributed by atoms with E-state index in [0.29, 0.717) is 15.8 Å². The molecule has 0 unspecified atom stereocenters. The molecular weight excluding hydrogens is 471 g/mol. The van der Waals surface area contributed by atoms with E-state index in [1.807, 2.05) is 55.7 Å². The average molecular weight is 496 g/mol. The van der Waals surface area contributed by atoms with Gasteiger partial charge in [-0.3, -0.25) is 4.79 Å². The molecule has 0 atom stereocenters. The Balaban J connectivity index is 1.54. The number of anilines is 1. The molecule has 1 amide bonds. The van der Waals surface area contributed by atoms with Crippen LogP contribution in [0.25, 0.3) is 0 Å². The average Bonchev–Trinajstić information content (AvgIpc) is 3.12. The van der Waals surface area contributed by atoms with Crippen molar-refractivity contribution in [3.8, 4) is 0 Å². The lowest BCUT2D eigenvalue weighted by atomic mass is 10.1. The van der Waals surface area contributed by atoms with E-state index in [1.54, 1.807) is 17.8 Å². The van der Waals surface area contributed by atoms with Crippen LogP contribution >= 0.6 is 46.7 Å². The van der Waals surface area contributed by atoms with Gasteiger partial charge in [-0.1, -0.05) is 47.1 Å². The summed E-state index contributed by atoms with van der Waals surface area (Å²) in [7, 11) is 0. The van der Waals surface area contributed by atoms with Gasteiger partial charge in [-0.05, 0) is 61.7 Å². The van der Waals surface area contributed by atoms with E-state index in [9.17, 15) is 4.79 Å². The lowest BCUT2D eigenvalue weighted by Crippen LogP contribution is -2.15. The normalized spacial score (nSPS) is 11.0. The Morgan fingerprint density at radius 2 is 1.87 bits per heavy atom. The van der Waals surface area contributed by atoms with Gasteiger partial charge in [0.05, 0.1) is 11.5 Å². The Hall–Kier alpha value is -1.67. The van der Waals surface area contributed by atoms with Crippen LogP contribution < -0.4 is 5.32 Å². The maximum atomic E-state index is 12.4. The van der Waals surface area contributed by atoms with Crippen molar-refractivity contribution in [2.45, 2.75) is 44.0 Å². The van der Waals surface area contributed by atoms with Crippen molar-refractivity contribution in [2.24, 2.45) is 0 Å². The van der Waals surface area contributed by atoms with Crippen LogP contribution in [0.1, 0.15) is 29.4 Å². The molecule has 0 saturated heterocycles. The first-order valence-corrected chi connectivity index (χ1v) is 12.7. The number of halogens is 2. The predicted octanol–water partition coefficient (Wildman–Crippen LogP) is 6.39. The number of carbonyl (C=O) groups is 1. The number of benzene rings is 2. The number of carbonyl (C=O) groups excluding carboxylic acids is 1. The van der Waals surface area contributed by atoms with E-state index in [-0.39, 0.29) is 11.7 Å². The van der Waals surface area contributed by atoms with E-state index >= 15 is 0 Å². The van der Waals surface area contributed by atoms with Crippen molar-refractivity contribution in [1.82, 2.24) is 14.8 Å². The first-order valence-electron chi connectivity index (χ1n) is 9.81. The fraction of sp³-hybridized carbons (Fsp3) is 0.318. The second-order valence-electron chi connectivity index (χ2n) is 7.01. The van der Waals surface area contributed by atoms with Gasteiger partial charge < -0.3 is 9.88 Å². The topological polar surface area (TPSA) is 59.8 Å². The summed E-state index contributed by atoms with van der Waals surface area (Å²) >= 11 is 15.3. The quantitative estimate of drug-likeness (QED) is 0.349. The molecule has 0 spiro atoms. The number of nitrogens with one attached hydrogen (secondary N) is 1. The van der Waals surface area contributed by atoms with Crippen LogP contribution in [0.15, 0.2) is 41.6 Å². The molecule has 1 heterocycles. The number of hydrogen-bond acceptors (Lipinski definition) is 5. The molecule has 164 valence electrons. The van der Waals surface area contributed by atoms with Crippen molar-refractivity contribution in [1.29, 1.82) is 0 Å². The predicted molar refractivity (Wildman–Crippen MR) is 132 cm³/mol. The second-order valence-corrected chi connectivity index (χ2v) is 9.78. The Morgan fingerprint density at radius 1 is 1.06 bits per heavy atom. The summed E-state index contributed by atoms with van der Waals surface area (Å²) in [5, 5.41) is 13.6.